The van der Waals surface area contributed by atoms with Gasteiger partial charge in [0.05, 0.1) is 18.6 Å². The average Bonchev–Trinajstić information content (AvgIpc) is 2.78. The van der Waals surface area contributed by atoms with Crippen LogP contribution >= 0.6 is 0 Å². The van der Waals surface area contributed by atoms with Gasteiger partial charge in [-0.25, -0.2) is 0 Å². The monoisotopic (exact) mass is 408 g/mol. The largest absolute Gasteiger partial charge is 0.494 e. The Kier molecular flexibility index (Phi) is 7.10. The average molecular weight is 408 g/mol. The molecule has 0 saturated carbocycles. The zero-order chi connectivity index (χ0) is 21.3. The number of nitrogens with one attached hydrogen (secondary N) is 1. The van der Waals surface area contributed by atoms with Gasteiger partial charge in [-0.2, -0.15) is 0 Å². The molecule has 1 N–H and O–H groups in total. The molecule has 0 heterocycles. The van der Waals surface area contributed by atoms with Gasteiger partial charge in [0.25, 0.3) is 5.69 Å². The highest BCUT2D eigenvalue weighted by Gasteiger charge is 2.08. The van der Waals surface area contributed by atoms with Crippen LogP contribution in [-0.2, 0) is 13.2 Å². The smallest absolute Gasteiger partial charge is 0.269 e. The number of hydrogen-bond acceptors (Lipinski definition) is 6. The molecule has 7 heteroatoms. The van der Waals surface area contributed by atoms with E-state index in [1.165, 1.54) is 12.1 Å². The highest BCUT2D eigenvalue weighted by Crippen LogP contribution is 2.29. The molecule has 0 aliphatic rings. The third-order valence-electron chi connectivity index (χ3n) is 4.43. The topological polar surface area (TPSA) is 82.9 Å². The summed E-state index contributed by atoms with van der Waals surface area (Å²) in [6, 6.07) is 19.9. The lowest BCUT2D eigenvalue weighted by Crippen LogP contribution is -2.02. The molecule has 0 aliphatic heterocycles. The minimum Gasteiger partial charge on any atom is -0.494 e. The molecular weight excluding hydrogens is 384 g/mol. The van der Waals surface area contributed by atoms with Gasteiger partial charge in [-0.1, -0.05) is 6.07 Å². The van der Waals surface area contributed by atoms with Gasteiger partial charge in [0.2, 0.25) is 0 Å². The number of nitro benzene ring substituents is 1. The number of nitro groups is 1. The maximum atomic E-state index is 10.7. The maximum absolute atomic E-state index is 10.7. The molecule has 30 heavy (non-hydrogen) atoms. The summed E-state index contributed by atoms with van der Waals surface area (Å²) in [5, 5.41) is 14.1. The number of methoxy groups -OCH3 is 1. The summed E-state index contributed by atoms with van der Waals surface area (Å²) in [4.78, 5) is 10.3. The van der Waals surface area contributed by atoms with E-state index in [0.29, 0.717) is 24.7 Å². The van der Waals surface area contributed by atoms with Crippen molar-refractivity contribution in [3.63, 3.8) is 0 Å². The first kappa shape index (κ1) is 21.0. The predicted molar refractivity (Wildman–Crippen MR) is 115 cm³/mol. The van der Waals surface area contributed by atoms with E-state index in [2.05, 4.69) is 5.32 Å². The molecule has 3 aromatic carbocycles. The summed E-state index contributed by atoms with van der Waals surface area (Å²) in [6.45, 7) is 3.52. The third-order valence-corrected chi connectivity index (χ3v) is 4.43. The van der Waals surface area contributed by atoms with E-state index < -0.39 is 4.92 Å². The maximum Gasteiger partial charge on any atom is 0.269 e. The van der Waals surface area contributed by atoms with Crippen molar-refractivity contribution in [2.45, 2.75) is 20.1 Å². The molecule has 0 bridgehead atoms. The molecule has 0 fully saturated rings. The lowest BCUT2D eigenvalue weighted by atomic mass is 10.2. The molecule has 7 nitrogen and oxygen atoms in total. The van der Waals surface area contributed by atoms with Crippen molar-refractivity contribution < 1.29 is 19.1 Å². The summed E-state index contributed by atoms with van der Waals surface area (Å²) in [5.41, 5.74) is 2.93. The lowest BCUT2D eigenvalue weighted by molar-refractivity contribution is -0.384. The van der Waals surface area contributed by atoms with Gasteiger partial charge in [-0.05, 0) is 66.6 Å². The van der Waals surface area contributed by atoms with Crippen LogP contribution in [0.5, 0.6) is 17.2 Å². The first-order valence-corrected chi connectivity index (χ1v) is 9.59. The van der Waals surface area contributed by atoms with Gasteiger partial charge in [0.1, 0.15) is 12.4 Å². The quantitative estimate of drug-likeness (QED) is 0.367. The van der Waals surface area contributed by atoms with Crippen LogP contribution in [0.4, 0.5) is 11.4 Å². The van der Waals surface area contributed by atoms with Crippen LogP contribution in [0.15, 0.2) is 66.7 Å². The first-order valence-electron chi connectivity index (χ1n) is 9.59. The van der Waals surface area contributed by atoms with Crippen molar-refractivity contribution in [2.75, 3.05) is 19.0 Å². The van der Waals surface area contributed by atoms with Crippen molar-refractivity contribution in [1.82, 2.24) is 0 Å². The van der Waals surface area contributed by atoms with E-state index in [-0.39, 0.29) is 12.3 Å². The highest BCUT2D eigenvalue weighted by molar-refractivity contribution is 5.48. The Morgan fingerprint density at radius 1 is 0.900 bits per heavy atom. The Bertz CT molecular complexity index is 972. The first-order chi connectivity index (χ1) is 14.6. The van der Waals surface area contributed by atoms with Gasteiger partial charge < -0.3 is 19.5 Å². The number of hydrogen-bond donors (Lipinski definition) is 1. The Morgan fingerprint density at radius 2 is 1.60 bits per heavy atom. The second-order valence-electron chi connectivity index (χ2n) is 6.51. The van der Waals surface area contributed by atoms with Gasteiger partial charge >= 0.3 is 0 Å². The zero-order valence-electron chi connectivity index (χ0n) is 17.0. The summed E-state index contributed by atoms with van der Waals surface area (Å²) in [6.07, 6.45) is 0. The molecule has 0 amide bonds. The molecule has 3 aromatic rings. The second kappa shape index (κ2) is 10.2. The van der Waals surface area contributed by atoms with E-state index in [1.54, 1.807) is 19.2 Å². The number of non-ortho nitro benzene ring substituents is 1. The van der Waals surface area contributed by atoms with Crippen LogP contribution in [0, 0.1) is 10.1 Å². The van der Waals surface area contributed by atoms with Crippen molar-refractivity contribution in [2.24, 2.45) is 0 Å². The second-order valence-corrected chi connectivity index (χ2v) is 6.51. The lowest BCUT2D eigenvalue weighted by Gasteiger charge is -2.13. The molecule has 0 aromatic heterocycles. The number of benzene rings is 3. The van der Waals surface area contributed by atoms with Crippen molar-refractivity contribution in [3.05, 3.63) is 88.0 Å². The molecule has 0 spiro atoms. The SMILES string of the molecule is CCOc1ccc(NCc2ccc(OCc3ccc([N+](=O)[O-])cc3)c(OC)c2)cc1. The normalized spacial score (nSPS) is 10.3. The summed E-state index contributed by atoms with van der Waals surface area (Å²) < 4.78 is 16.8. The molecular formula is C23H24N2O5. The predicted octanol–water partition coefficient (Wildman–Crippen LogP) is 5.19. The Morgan fingerprint density at radius 3 is 2.23 bits per heavy atom. The summed E-state index contributed by atoms with van der Waals surface area (Å²) in [5.74, 6) is 2.09. The minimum absolute atomic E-state index is 0.0562. The molecule has 156 valence electrons. The van der Waals surface area contributed by atoms with Gasteiger partial charge in [-0.15, -0.1) is 0 Å². The molecule has 0 aliphatic carbocycles. The van der Waals surface area contributed by atoms with Crippen LogP contribution in [0.2, 0.25) is 0 Å². The molecule has 3 rings (SSSR count). The fourth-order valence-corrected chi connectivity index (χ4v) is 2.86. The van der Waals surface area contributed by atoms with Crippen molar-refractivity contribution in [3.8, 4) is 17.2 Å². The molecule has 0 atom stereocenters. The number of anilines is 1. The molecule has 0 unspecified atom stereocenters. The van der Waals surface area contributed by atoms with E-state index in [4.69, 9.17) is 14.2 Å². The van der Waals surface area contributed by atoms with Crippen molar-refractivity contribution >= 4 is 11.4 Å². The Balaban J connectivity index is 1.59. The Labute approximate surface area is 175 Å². The fraction of sp³-hybridized carbons (Fsp3) is 0.217. The van der Waals surface area contributed by atoms with E-state index in [9.17, 15) is 10.1 Å². The zero-order valence-corrected chi connectivity index (χ0v) is 17.0. The van der Waals surface area contributed by atoms with Crippen LogP contribution in [-0.4, -0.2) is 18.6 Å². The van der Waals surface area contributed by atoms with E-state index in [0.717, 1.165) is 22.6 Å². The molecule has 0 radical (unpaired) electrons. The van der Waals surface area contributed by atoms with Crippen molar-refractivity contribution in [1.29, 1.82) is 0 Å². The van der Waals surface area contributed by atoms with Gasteiger partial charge in [-0.3, -0.25) is 10.1 Å². The number of rotatable bonds is 10. The number of ether oxygens (including phenoxy) is 3. The van der Waals surface area contributed by atoms with Crippen LogP contribution < -0.4 is 19.5 Å². The third kappa shape index (κ3) is 5.64. The minimum atomic E-state index is -0.423. The van der Waals surface area contributed by atoms with Crippen LogP contribution in [0.3, 0.4) is 0 Å². The summed E-state index contributed by atoms with van der Waals surface area (Å²) >= 11 is 0. The fourth-order valence-electron chi connectivity index (χ4n) is 2.86. The Hall–Kier alpha value is -3.74. The van der Waals surface area contributed by atoms with Gasteiger partial charge in [0, 0.05) is 24.4 Å². The van der Waals surface area contributed by atoms with Crippen LogP contribution in [0.1, 0.15) is 18.1 Å². The van der Waals surface area contributed by atoms with E-state index >= 15 is 0 Å². The number of nitrogens with zero attached hydrogens (tertiary/aromatic N) is 1. The standard InChI is InChI=1S/C23H24N2O5/c1-3-29-21-11-7-19(8-12-21)24-15-18-6-13-22(23(14-18)28-2)30-16-17-4-9-20(10-5-17)25(26)27/h4-14,24H,3,15-16H2,1-2H3. The van der Waals surface area contributed by atoms with E-state index in [1.807, 2.05) is 49.4 Å². The van der Waals surface area contributed by atoms with Crippen LogP contribution in [0.25, 0.3) is 0 Å². The molecule has 0 saturated heterocycles. The van der Waals surface area contributed by atoms with Gasteiger partial charge in [0.15, 0.2) is 11.5 Å². The highest BCUT2D eigenvalue weighted by atomic mass is 16.6. The summed E-state index contributed by atoms with van der Waals surface area (Å²) in [7, 11) is 1.59.